The molecule has 376 valence electrons. The van der Waals surface area contributed by atoms with E-state index < -0.39 is 46.2 Å². The number of aliphatic hydroxyl groups excluding tert-OH is 1. The van der Waals surface area contributed by atoms with E-state index >= 15 is 0 Å². The number of thioether (sulfide) groups is 1. The molecule has 4 aliphatic rings. The number of hydrogen-bond acceptors (Lipinski definition) is 13. The number of aliphatic hydroxyl groups is 1. The second-order valence-electron chi connectivity index (χ2n) is 21.3. The van der Waals surface area contributed by atoms with E-state index in [2.05, 4.69) is 88.5 Å². The minimum atomic E-state index is -0.961. The zero-order valence-corrected chi connectivity index (χ0v) is 43.3. The molecular formula is C52H68ClN9O7S. The van der Waals surface area contributed by atoms with Gasteiger partial charge in [-0.05, 0) is 54.7 Å². The number of carbonyl (C=O) groups is 4. The van der Waals surface area contributed by atoms with Crippen LogP contribution in [-0.4, -0.2) is 138 Å². The Bertz CT molecular complexity index is 2430. The third-order valence-corrected chi connectivity index (χ3v) is 15.8. The van der Waals surface area contributed by atoms with Crippen molar-refractivity contribution in [1.82, 2.24) is 30.7 Å². The van der Waals surface area contributed by atoms with Crippen molar-refractivity contribution < 1.29 is 33.8 Å². The molecular weight excluding hydrogens is 930 g/mol. The van der Waals surface area contributed by atoms with Gasteiger partial charge in [-0.15, -0.1) is 11.8 Å². The number of amides is 4. The lowest BCUT2D eigenvalue weighted by Crippen LogP contribution is -2.74. The van der Waals surface area contributed by atoms with E-state index in [-0.39, 0.29) is 60.9 Å². The third kappa shape index (κ3) is 11.7. The van der Waals surface area contributed by atoms with Crippen molar-refractivity contribution in [3.05, 3.63) is 88.1 Å². The van der Waals surface area contributed by atoms with Crippen LogP contribution in [0.5, 0.6) is 5.75 Å². The van der Waals surface area contributed by atoms with Crippen LogP contribution in [0.15, 0.2) is 65.8 Å². The standard InChI is InChI=1S/C52H68ClN9O7S/c1-31(33-10-12-34(13-11-33)43-32(2)56-30-70-43)57-46(66)40-24-37(63)28-62(40)47(67)44(50(3,4)5)58-42(64)29-68-23-22-60-18-20-61(21-19-60)41-17-15-36(27-55-41)45(65)59-48-51(6,7)49(52(48,8)9)69-38-16-14-35(26-54)39(53)25-38/h10-17,25,27,30-32,37,40,43-44,48-49,63H,18-24,28-29H2,1-9H3,(H,57,66)(H,58,64)(H,59,65)/t31-,32?,37+,40-,43?,44+,48?,49?/m0/s1. The molecule has 3 fully saturated rings. The lowest BCUT2D eigenvalue weighted by molar-refractivity contribution is -0.164. The molecule has 7 rings (SSSR count). The molecule has 0 radical (unpaired) electrons. The van der Waals surface area contributed by atoms with Gasteiger partial charge >= 0.3 is 0 Å². The van der Waals surface area contributed by atoms with Crippen molar-refractivity contribution >= 4 is 58.4 Å². The first-order valence-electron chi connectivity index (χ1n) is 24.1. The lowest BCUT2D eigenvalue weighted by atomic mass is 9.49. The molecule has 18 heteroatoms. The predicted molar refractivity (Wildman–Crippen MR) is 272 cm³/mol. The van der Waals surface area contributed by atoms with Crippen LogP contribution in [0.4, 0.5) is 5.82 Å². The highest BCUT2D eigenvalue weighted by Crippen LogP contribution is 2.55. The van der Waals surface area contributed by atoms with Crippen molar-refractivity contribution in [1.29, 1.82) is 5.26 Å². The van der Waals surface area contributed by atoms with Gasteiger partial charge in [0, 0.05) is 74.8 Å². The molecule has 3 aromatic rings. The van der Waals surface area contributed by atoms with Crippen LogP contribution in [0, 0.1) is 27.6 Å². The number of β-amino-alcohol motifs (C(OH)–C–C–N with tert-alkyl or cyclic N) is 1. The van der Waals surface area contributed by atoms with Crippen LogP contribution in [-0.2, 0) is 19.1 Å². The summed E-state index contributed by atoms with van der Waals surface area (Å²) in [7, 11) is 0. The van der Waals surface area contributed by atoms with E-state index in [1.165, 1.54) is 10.5 Å². The molecule has 4 heterocycles. The third-order valence-electron chi connectivity index (χ3n) is 14.3. The minimum Gasteiger partial charge on any atom is -0.489 e. The maximum absolute atomic E-state index is 14.1. The molecule has 2 unspecified atom stereocenters. The first-order chi connectivity index (χ1) is 33.1. The smallest absolute Gasteiger partial charge is 0.253 e. The number of anilines is 1. The summed E-state index contributed by atoms with van der Waals surface area (Å²) in [6.07, 6.45) is 0.611. The molecule has 0 spiro atoms. The number of carbonyl (C=O) groups excluding carboxylic acids is 4. The second kappa shape index (κ2) is 21.6. The Kier molecular flexibility index (Phi) is 16.2. The fourth-order valence-electron chi connectivity index (χ4n) is 10.5. The number of aromatic nitrogens is 1. The molecule has 4 amide bonds. The first kappa shape index (κ1) is 52.6. The molecule has 1 aromatic heterocycles. The highest BCUT2D eigenvalue weighted by molar-refractivity contribution is 8.12. The zero-order valence-electron chi connectivity index (χ0n) is 41.7. The van der Waals surface area contributed by atoms with Gasteiger partial charge in [-0.1, -0.05) is 84.3 Å². The number of nitrogens with zero attached hydrogens (tertiary/aromatic N) is 6. The Morgan fingerprint density at radius 3 is 2.30 bits per heavy atom. The summed E-state index contributed by atoms with van der Waals surface area (Å²) in [6.45, 7) is 21.4. The minimum absolute atomic E-state index is 0.0139. The Morgan fingerprint density at radius 1 is 1.00 bits per heavy atom. The summed E-state index contributed by atoms with van der Waals surface area (Å²) in [6, 6.07) is 16.7. The Balaban J connectivity index is 0.828. The van der Waals surface area contributed by atoms with Crippen LogP contribution in [0.1, 0.15) is 107 Å². The van der Waals surface area contributed by atoms with Crippen LogP contribution in [0.2, 0.25) is 5.02 Å². The number of rotatable bonds is 16. The number of nitriles is 1. The van der Waals surface area contributed by atoms with Crippen molar-refractivity contribution in [2.45, 2.75) is 116 Å². The van der Waals surface area contributed by atoms with Gasteiger partial charge in [0.15, 0.2) is 0 Å². The normalized spacial score (nSPS) is 24.8. The maximum Gasteiger partial charge on any atom is 0.253 e. The largest absolute Gasteiger partial charge is 0.489 e. The summed E-state index contributed by atoms with van der Waals surface area (Å²) in [5.41, 5.74) is 3.33. The topological polar surface area (TPSA) is 202 Å². The Labute approximate surface area is 421 Å². The predicted octanol–water partition coefficient (Wildman–Crippen LogP) is 5.93. The molecule has 6 atom stereocenters. The van der Waals surface area contributed by atoms with E-state index in [1.807, 2.05) is 51.4 Å². The van der Waals surface area contributed by atoms with Crippen molar-refractivity contribution in [2.24, 2.45) is 21.2 Å². The van der Waals surface area contributed by atoms with E-state index in [0.29, 0.717) is 35.1 Å². The van der Waals surface area contributed by atoms with Crippen LogP contribution in [0.3, 0.4) is 0 Å². The Morgan fingerprint density at radius 2 is 1.70 bits per heavy atom. The highest BCUT2D eigenvalue weighted by Gasteiger charge is 2.64. The summed E-state index contributed by atoms with van der Waals surface area (Å²) in [5, 5.41) is 29.6. The quantitative estimate of drug-likeness (QED) is 0.124. The fourth-order valence-corrected chi connectivity index (χ4v) is 11.7. The molecule has 16 nitrogen and oxygen atoms in total. The van der Waals surface area contributed by atoms with E-state index in [1.54, 1.807) is 42.2 Å². The van der Waals surface area contributed by atoms with Gasteiger partial charge in [0.25, 0.3) is 5.91 Å². The summed E-state index contributed by atoms with van der Waals surface area (Å²) >= 11 is 7.95. The molecule has 0 bridgehead atoms. The molecule has 3 aliphatic heterocycles. The second-order valence-corrected chi connectivity index (χ2v) is 22.7. The molecule has 70 heavy (non-hydrogen) atoms. The van der Waals surface area contributed by atoms with E-state index in [0.717, 1.165) is 37.6 Å². The number of benzene rings is 2. The number of likely N-dealkylation sites (tertiary alicyclic amines) is 1. The van der Waals surface area contributed by atoms with Gasteiger partial charge in [-0.25, -0.2) is 4.98 Å². The number of aliphatic imine (C=N–C) groups is 1. The van der Waals surface area contributed by atoms with Crippen LogP contribution >= 0.6 is 23.4 Å². The average Bonchev–Trinajstić information content (AvgIpc) is 3.95. The number of nitrogens with one attached hydrogen (secondary N) is 3. The number of piperazine rings is 1. The van der Waals surface area contributed by atoms with E-state index in [9.17, 15) is 29.5 Å². The number of hydrogen-bond donors (Lipinski definition) is 4. The van der Waals surface area contributed by atoms with Gasteiger partial charge in [-0.2, -0.15) is 5.26 Å². The molecule has 2 aromatic carbocycles. The van der Waals surface area contributed by atoms with Gasteiger partial charge in [0.2, 0.25) is 17.7 Å². The average molecular weight is 999 g/mol. The number of halogens is 1. The zero-order chi connectivity index (χ0) is 50.7. The molecule has 1 saturated carbocycles. The van der Waals surface area contributed by atoms with Gasteiger partial charge < -0.3 is 40.3 Å². The molecule has 1 aliphatic carbocycles. The summed E-state index contributed by atoms with van der Waals surface area (Å²) in [4.78, 5) is 69.5. The fraction of sp³-hybridized carbons (Fsp3) is 0.558. The van der Waals surface area contributed by atoms with Crippen molar-refractivity contribution in [3.8, 4) is 11.8 Å². The van der Waals surface area contributed by atoms with Gasteiger partial charge in [-0.3, -0.25) is 29.1 Å². The monoisotopic (exact) mass is 997 g/mol. The van der Waals surface area contributed by atoms with Gasteiger partial charge in [0.05, 0.1) is 51.7 Å². The first-order valence-corrected chi connectivity index (χ1v) is 25.4. The van der Waals surface area contributed by atoms with Crippen molar-refractivity contribution in [2.75, 3.05) is 57.4 Å². The van der Waals surface area contributed by atoms with Crippen molar-refractivity contribution in [3.63, 3.8) is 0 Å². The SMILES string of the molecule is CC1N=CSC1c1ccc([C@H](C)NC(=O)[C@@H]2C[C@@H](O)CN2C(=O)[C@@H](NC(=O)COCCN2CCN(c3ccc(C(=O)NC4C(C)(C)C(Oc5ccc(C#N)c(Cl)c5)C4(C)C)cn3)CC2)C(C)(C)C)cc1. The molecule has 4 N–H and O–H groups in total. The highest BCUT2D eigenvalue weighted by atomic mass is 35.5. The summed E-state index contributed by atoms with van der Waals surface area (Å²) in [5.74, 6) is -0.0952. The van der Waals surface area contributed by atoms with E-state index in [4.69, 9.17) is 21.1 Å². The maximum atomic E-state index is 14.1. The van der Waals surface area contributed by atoms with Crippen LogP contribution < -0.4 is 25.6 Å². The number of ether oxygens (including phenoxy) is 2. The van der Waals surface area contributed by atoms with Crippen LogP contribution in [0.25, 0.3) is 0 Å². The number of pyridine rings is 1. The van der Waals surface area contributed by atoms with Gasteiger partial charge in [0.1, 0.15) is 42.4 Å². The molecule has 2 saturated heterocycles. The summed E-state index contributed by atoms with van der Waals surface area (Å²) < 4.78 is 12.2. The Hall–Kier alpha value is -5.25. The lowest BCUT2D eigenvalue weighted by Gasteiger charge is -2.63.